The van der Waals surface area contributed by atoms with E-state index < -0.39 is 11.6 Å². The molecule has 1 amide bonds. The van der Waals surface area contributed by atoms with Crippen LogP contribution in [0.2, 0.25) is 10.2 Å². The molecule has 35 heavy (non-hydrogen) atoms. The highest BCUT2D eigenvalue weighted by Crippen LogP contribution is 2.36. The summed E-state index contributed by atoms with van der Waals surface area (Å²) < 4.78 is 31.2. The molecule has 11 heteroatoms. The van der Waals surface area contributed by atoms with Gasteiger partial charge in [0, 0.05) is 39.1 Å². The van der Waals surface area contributed by atoms with Crippen LogP contribution >= 0.6 is 23.2 Å². The second kappa shape index (κ2) is 12.2. The Kier molecular flexibility index (Phi) is 9.31. The van der Waals surface area contributed by atoms with Gasteiger partial charge in [0.1, 0.15) is 0 Å². The topological polar surface area (TPSA) is 84.1 Å². The fourth-order valence-corrected chi connectivity index (χ4v) is 4.18. The first-order valence-electron chi connectivity index (χ1n) is 11.0. The third-order valence-corrected chi connectivity index (χ3v) is 6.12. The maximum Gasteiger partial charge on any atom is 0.221 e. The molecular weight excluding hydrogens is 499 g/mol. The predicted molar refractivity (Wildman–Crippen MR) is 133 cm³/mol. The average molecular weight is 526 g/mol. The Morgan fingerprint density at radius 3 is 2.49 bits per heavy atom. The SMILES string of the molecule is C=C(NC1CCC(CC(=O)NC)NC1)c1cc(-c2c(Cl)cnn2C)c(Cl)o1.Fc1ccccc1F. The van der Waals surface area contributed by atoms with Crippen LogP contribution in [0, 0.1) is 11.6 Å². The van der Waals surface area contributed by atoms with Gasteiger partial charge in [0.25, 0.3) is 0 Å². The molecule has 2 unspecified atom stereocenters. The van der Waals surface area contributed by atoms with Crippen LogP contribution in [0.15, 0.2) is 47.5 Å². The molecule has 2 atom stereocenters. The molecule has 1 saturated heterocycles. The van der Waals surface area contributed by atoms with Crippen molar-refractivity contribution in [2.75, 3.05) is 13.6 Å². The fraction of sp³-hybridized carbons (Fsp3) is 0.333. The number of amides is 1. The van der Waals surface area contributed by atoms with Gasteiger partial charge in [-0.25, -0.2) is 8.78 Å². The quantitative estimate of drug-likeness (QED) is 0.431. The van der Waals surface area contributed by atoms with E-state index in [9.17, 15) is 13.6 Å². The highest BCUT2D eigenvalue weighted by atomic mass is 35.5. The zero-order valence-corrected chi connectivity index (χ0v) is 20.9. The van der Waals surface area contributed by atoms with Crippen molar-refractivity contribution in [3.8, 4) is 11.3 Å². The highest BCUT2D eigenvalue weighted by Gasteiger charge is 2.24. The molecule has 188 valence electrons. The van der Waals surface area contributed by atoms with E-state index in [-0.39, 0.29) is 23.2 Å². The predicted octanol–water partition coefficient (Wildman–Crippen LogP) is 4.77. The number of rotatable bonds is 6. The number of benzene rings is 1. The van der Waals surface area contributed by atoms with E-state index in [2.05, 4.69) is 27.6 Å². The third kappa shape index (κ3) is 7.06. The summed E-state index contributed by atoms with van der Waals surface area (Å²) in [5, 5.41) is 14.3. The summed E-state index contributed by atoms with van der Waals surface area (Å²) in [5.74, 6) is -0.991. The number of nitrogens with zero attached hydrogens (tertiary/aromatic N) is 2. The zero-order valence-electron chi connectivity index (χ0n) is 19.4. The number of nitrogens with one attached hydrogen (secondary N) is 3. The fourth-order valence-electron chi connectivity index (χ4n) is 3.69. The van der Waals surface area contributed by atoms with Crippen LogP contribution < -0.4 is 16.0 Å². The molecule has 4 rings (SSSR count). The first kappa shape index (κ1) is 26.7. The molecule has 3 aromatic rings. The average Bonchev–Trinajstić information content (AvgIpc) is 3.38. The molecule has 1 aliphatic heterocycles. The number of carbonyl (C=O) groups excluding carboxylic acids is 1. The van der Waals surface area contributed by atoms with Crippen molar-refractivity contribution >= 4 is 34.8 Å². The number of carbonyl (C=O) groups is 1. The highest BCUT2D eigenvalue weighted by molar-refractivity contribution is 6.35. The standard InChI is InChI=1S/C18H23Cl2N5O2.C6H4F2/c1-10(24-12-5-4-11(22-8-12)6-16(26)21-2)15-7-13(18(20)27-15)17-14(19)9-23-25(17)3;7-5-3-1-2-4-6(5)8/h7,9,11-12,22,24H,1,4-6,8H2,2-3H3,(H,21,26);1-4H. The minimum atomic E-state index is -0.799. The van der Waals surface area contributed by atoms with Crippen LogP contribution in [-0.4, -0.2) is 41.4 Å². The molecule has 0 radical (unpaired) electrons. The summed E-state index contributed by atoms with van der Waals surface area (Å²) >= 11 is 12.5. The van der Waals surface area contributed by atoms with E-state index in [0.29, 0.717) is 34.2 Å². The number of hydrogen-bond donors (Lipinski definition) is 3. The number of hydrogen-bond acceptors (Lipinski definition) is 5. The van der Waals surface area contributed by atoms with Gasteiger partial charge >= 0.3 is 0 Å². The molecule has 3 heterocycles. The van der Waals surface area contributed by atoms with E-state index in [1.165, 1.54) is 12.1 Å². The van der Waals surface area contributed by atoms with Crippen LogP contribution in [0.3, 0.4) is 0 Å². The van der Waals surface area contributed by atoms with Crippen molar-refractivity contribution in [2.45, 2.75) is 31.3 Å². The Morgan fingerprint density at radius 2 is 1.97 bits per heavy atom. The van der Waals surface area contributed by atoms with Crippen LogP contribution in [0.5, 0.6) is 0 Å². The number of halogens is 4. The van der Waals surface area contributed by atoms with Gasteiger partial charge in [0.2, 0.25) is 11.1 Å². The van der Waals surface area contributed by atoms with Gasteiger partial charge in [-0.1, -0.05) is 30.3 Å². The maximum atomic E-state index is 11.9. The third-order valence-electron chi connectivity index (χ3n) is 5.56. The Morgan fingerprint density at radius 1 is 1.29 bits per heavy atom. The Hall–Kier alpha value is -2.88. The van der Waals surface area contributed by atoms with E-state index in [1.54, 1.807) is 25.0 Å². The smallest absolute Gasteiger partial charge is 0.221 e. The number of aryl methyl sites for hydroxylation is 1. The molecule has 2 aromatic heterocycles. The van der Waals surface area contributed by atoms with E-state index in [1.807, 2.05) is 6.07 Å². The van der Waals surface area contributed by atoms with E-state index >= 15 is 0 Å². The molecule has 0 bridgehead atoms. The maximum absolute atomic E-state index is 11.9. The first-order valence-corrected chi connectivity index (χ1v) is 11.7. The second-order valence-electron chi connectivity index (χ2n) is 8.06. The first-order chi connectivity index (χ1) is 16.7. The summed E-state index contributed by atoms with van der Waals surface area (Å²) in [6.07, 6.45) is 3.90. The number of furan rings is 1. The van der Waals surface area contributed by atoms with Crippen LogP contribution in [0.25, 0.3) is 17.0 Å². The lowest BCUT2D eigenvalue weighted by Crippen LogP contribution is -2.48. The number of piperidine rings is 1. The molecule has 7 nitrogen and oxygen atoms in total. The molecule has 1 aliphatic rings. The Bertz CT molecular complexity index is 1130. The summed E-state index contributed by atoms with van der Waals surface area (Å²) in [7, 11) is 3.45. The zero-order chi connectivity index (χ0) is 25.5. The van der Waals surface area contributed by atoms with Gasteiger partial charge in [-0.15, -0.1) is 0 Å². The Labute approximate surface area is 212 Å². The Balaban J connectivity index is 0.000000363. The lowest BCUT2D eigenvalue weighted by Gasteiger charge is -2.30. The molecule has 1 fully saturated rings. The lowest BCUT2D eigenvalue weighted by molar-refractivity contribution is -0.121. The van der Waals surface area contributed by atoms with Crippen molar-refractivity contribution in [3.05, 3.63) is 70.7 Å². The molecule has 0 spiro atoms. The molecular formula is C24H27Cl2F2N5O2. The number of aromatic nitrogens is 2. The van der Waals surface area contributed by atoms with Gasteiger partial charge < -0.3 is 20.4 Å². The van der Waals surface area contributed by atoms with Gasteiger partial charge in [-0.05, 0) is 42.6 Å². The molecule has 3 N–H and O–H groups in total. The second-order valence-corrected chi connectivity index (χ2v) is 8.81. The van der Waals surface area contributed by atoms with Gasteiger partial charge in [0.15, 0.2) is 17.4 Å². The summed E-state index contributed by atoms with van der Waals surface area (Å²) in [5.41, 5.74) is 2.02. The molecule has 0 saturated carbocycles. The summed E-state index contributed by atoms with van der Waals surface area (Å²) in [4.78, 5) is 11.5. The van der Waals surface area contributed by atoms with Crippen molar-refractivity contribution in [3.63, 3.8) is 0 Å². The molecule has 0 aliphatic carbocycles. The van der Waals surface area contributed by atoms with Crippen molar-refractivity contribution in [1.29, 1.82) is 0 Å². The van der Waals surface area contributed by atoms with Gasteiger partial charge in [-0.2, -0.15) is 5.10 Å². The van der Waals surface area contributed by atoms with E-state index in [0.717, 1.165) is 31.5 Å². The van der Waals surface area contributed by atoms with Crippen LogP contribution in [0.4, 0.5) is 8.78 Å². The molecule has 1 aromatic carbocycles. The van der Waals surface area contributed by atoms with Crippen molar-refractivity contribution < 1.29 is 18.0 Å². The van der Waals surface area contributed by atoms with Crippen LogP contribution in [-0.2, 0) is 11.8 Å². The summed E-state index contributed by atoms with van der Waals surface area (Å²) in [6, 6.07) is 7.26. The van der Waals surface area contributed by atoms with Gasteiger partial charge in [-0.3, -0.25) is 9.48 Å². The van der Waals surface area contributed by atoms with Crippen molar-refractivity contribution in [2.24, 2.45) is 7.05 Å². The minimum Gasteiger partial charge on any atom is -0.442 e. The summed E-state index contributed by atoms with van der Waals surface area (Å²) in [6.45, 7) is 4.82. The lowest BCUT2D eigenvalue weighted by atomic mass is 9.98. The monoisotopic (exact) mass is 525 g/mol. The van der Waals surface area contributed by atoms with Crippen LogP contribution in [0.1, 0.15) is 25.0 Å². The largest absolute Gasteiger partial charge is 0.442 e. The minimum absolute atomic E-state index is 0.0508. The normalized spacial score (nSPS) is 17.3. The van der Waals surface area contributed by atoms with Gasteiger partial charge in [0.05, 0.1) is 28.2 Å². The van der Waals surface area contributed by atoms with Crippen molar-refractivity contribution in [1.82, 2.24) is 25.7 Å². The van der Waals surface area contributed by atoms with E-state index in [4.69, 9.17) is 27.6 Å².